The molecular formula is C13H17F4NO. The van der Waals surface area contributed by atoms with Crippen molar-refractivity contribution < 1.29 is 22.3 Å². The molecule has 2 nitrogen and oxygen atoms in total. The van der Waals surface area contributed by atoms with Gasteiger partial charge in [-0.15, -0.1) is 0 Å². The summed E-state index contributed by atoms with van der Waals surface area (Å²) in [5, 5.41) is 2.41. The van der Waals surface area contributed by atoms with Crippen LogP contribution in [-0.4, -0.2) is 26.0 Å². The van der Waals surface area contributed by atoms with Gasteiger partial charge in [0.1, 0.15) is 5.75 Å². The molecule has 1 N–H and O–H groups in total. The number of benzene rings is 1. The van der Waals surface area contributed by atoms with E-state index in [9.17, 15) is 17.6 Å². The van der Waals surface area contributed by atoms with Crippen molar-refractivity contribution in [2.24, 2.45) is 0 Å². The molecule has 108 valence electrons. The monoisotopic (exact) mass is 279 g/mol. The first-order valence-electron chi connectivity index (χ1n) is 5.82. The summed E-state index contributed by atoms with van der Waals surface area (Å²) in [7, 11) is 1.47. The molecule has 0 aliphatic carbocycles. The summed E-state index contributed by atoms with van der Waals surface area (Å²) in [4.78, 5) is 0. The van der Waals surface area contributed by atoms with Crippen molar-refractivity contribution in [3.8, 4) is 5.75 Å². The lowest BCUT2D eigenvalue weighted by molar-refractivity contribution is -0.126. The predicted molar refractivity (Wildman–Crippen MR) is 65.1 cm³/mol. The van der Waals surface area contributed by atoms with Gasteiger partial charge in [0.25, 0.3) is 0 Å². The Bertz CT molecular complexity index is 423. The molecule has 1 rings (SSSR count). The third kappa shape index (κ3) is 4.09. The second kappa shape index (κ2) is 6.23. The molecule has 1 aromatic rings. The standard InChI is InChI=1S/C13H17F4NO/c1-8-4-5-11(19-3)10(6-8)9(2)18-7-13(16,17)12(14)15/h4-6,9,12,18H,7H2,1-3H3. The van der Waals surface area contributed by atoms with Gasteiger partial charge in [0.2, 0.25) is 0 Å². The predicted octanol–water partition coefficient (Wildman–Crippen LogP) is 3.55. The maximum Gasteiger partial charge on any atom is 0.319 e. The zero-order chi connectivity index (χ0) is 14.6. The first-order valence-corrected chi connectivity index (χ1v) is 5.82. The Morgan fingerprint density at radius 3 is 2.47 bits per heavy atom. The molecule has 1 aromatic carbocycles. The summed E-state index contributed by atoms with van der Waals surface area (Å²) in [6.07, 6.45) is -3.67. The number of hydrogen-bond donors (Lipinski definition) is 1. The lowest BCUT2D eigenvalue weighted by Crippen LogP contribution is -2.39. The number of nitrogens with one attached hydrogen (secondary N) is 1. The number of aryl methyl sites for hydroxylation is 1. The van der Waals surface area contributed by atoms with Crippen LogP contribution in [0.3, 0.4) is 0 Å². The highest BCUT2D eigenvalue weighted by atomic mass is 19.3. The molecule has 0 fully saturated rings. The van der Waals surface area contributed by atoms with Crippen LogP contribution in [0.2, 0.25) is 0 Å². The quantitative estimate of drug-likeness (QED) is 0.804. The third-order valence-electron chi connectivity index (χ3n) is 2.81. The lowest BCUT2D eigenvalue weighted by atomic mass is 10.0. The van der Waals surface area contributed by atoms with E-state index in [1.165, 1.54) is 7.11 Å². The second-order valence-electron chi connectivity index (χ2n) is 4.41. The highest BCUT2D eigenvalue weighted by molar-refractivity contribution is 5.38. The molecule has 1 unspecified atom stereocenters. The zero-order valence-corrected chi connectivity index (χ0v) is 11.0. The highest BCUT2D eigenvalue weighted by Gasteiger charge is 2.40. The Hall–Kier alpha value is -1.30. The van der Waals surface area contributed by atoms with Crippen molar-refractivity contribution in [2.75, 3.05) is 13.7 Å². The Balaban J connectivity index is 2.78. The molecule has 0 bridgehead atoms. The first-order chi connectivity index (χ1) is 8.77. The smallest absolute Gasteiger partial charge is 0.319 e. The Labute approximate surface area is 109 Å². The van der Waals surface area contributed by atoms with Crippen molar-refractivity contribution >= 4 is 0 Å². The van der Waals surface area contributed by atoms with Crippen molar-refractivity contribution in [3.63, 3.8) is 0 Å². The number of halogens is 4. The van der Waals surface area contributed by atoms with E-state index in [1.807, 2.05) is 13.0 Å². The molecule has 0 heterocycles. The maximum absolute atomic E-state index is 12.8. The fourth-order valence-electron chi connectivity index (χ4n) is 1.67. The summed E-state index contributed by atoms with van der Waals surface area (Å²) in [6.45, 7) is 2.39. The average Bonchev–Trinajstić information content (AvgIpc) is 2.35. The van der Waals surface area contributed by atoms with Crippen molar-refractivity contribution in [2.45, 2.75) is 32.2 Å². The van der Waals surface area contributed by atoms with E-state index < -0.39 is 24.9 Å². The molecule has 0 aliphatic heterocycles. The van der Waals surface area contributed by atoms with Crippen LogP contribution in [0.25, 0.3) is 0 Å². The van der Waals surface area contributed by atoms with Gasteiger partial charge in [-0.3, -0.25) is 0 Å². The van der Waals surface area contributed by atoms with Gasteiger partial charge in [0.15, 0.2) is 0 Å². The van der Waals surface area contributed by atoms with Gasteiger partial charge in [-0.25, -0.2) is 8.78 Å². The first kappa shape index (κ1) is 15.8. The van der Waals surface area contributed by atoms with Crippen LogP contribution in [0.15, 0.2) is 18.2 Å². The molecule has 19 heavy (non-hydrogen) atoms. The molecule has 0 aromatic heterocycles. The van der Waals surface area contributed by atoms with E-state index in [1.54, 1.807) is 19.1 Å². The van der Waals surface area contributed by atoms with E-state index in [4.69, 9.17) is 4.74 Å². The van der Waals surface area contributed by atoms with E-state index in [-0.39, 0.29) is 0 Å². The maximum atomic E-state index is 12.8. The summed E-state index contributed by atoms with van der Waals surface area (Å²) < 4.78 is 54.9. The van der Waals surface area contributed by atoms with E-state index in [0.717, 1.165) is 5.56 Å². The molecule has 0 aliphatic rings. The topological polar surface area (TPSA) is 21.3 Å². The normalized spacial score (nSPS) is 13.7. The van der Waals surface area contributed by atoms with Crippen molar-refractivity contribution in [3.05, 3.63) is 29.3 Å². The van der Waals surface area contributed by atoms with Crippen LogP contribution in [0.5, 0.6) is 5.75 Å². The minimum absolute atomic E-state index is 0.514. The van der Waals surface area contributed by atoms with E-state index in [2.05, 4.69) is 5.32 Å². The van der Waals surface area contributed by atoms with Gasteiger partial charge >= 0.3 is 12.3 Å². The summed E-state index contributed by atoms with van der Waals surface area (Å²) in [6, 6.07) is 4.80. The minimum atomic E-state index is -4.04. The van der Waals surface area contributed by atoms with Crippen LogP contribution in [0, 0.1) is 6.92 Å². The molecule has 0 spiro atoms. The SMILES string of the molecule is COc1ccc(C)cc1C(C)NCC(F)(F)C(F)F. The van der Waals surface area contributed by atoms with Gasteiger partial charge in [-0.2, -0.15) is 8.78 Å². The van der Waals surface area contributed by atoms with Gasteiger partial charge < -0.3 is 10.1 Å². The largest absolute Gasteiger partial charge is 0.496 e. The number of hydrogen-bond acceptors (Lipinski definition) is 2. The van der Waals surface area contributed by atoms with Crippen LogP contribution in [-0.2, 0) is 0 Å². The fourth-order valence-corrected chi connectivity index (χ4v) is 1.67. The fraction of sp³-hybridized carbons (Fsp3) is 0.538. The molecule has 0 saturated carbocycles. The van der Waals surface area contributed by atoms with Gasteiger partial charge in [-0.05, 0) is 19.9 Å². The summed E-state index contributed by atoms with van der Waals surface area (Å²) in [5.74, 6) is -3.50. The number of rotatable bonds is 6. The Morgan fingerprint density at radius 1 is 1.32 bits per heavy atom. The van der Waals surface area contributed by atoms with Crippen LogP contribution >= 0.6 is 0 Å². The molecule has 1 atom stereocenters. The second-order valence-corrected chi connectivity index (χ2v) is 4.41. The number of ether oxygens (including phenoxy) is 1. The number of alkyl halides is 4. The van der Waals surface area contributed by atoms with Gasteiger partial charge in [0.05, 0.1) is 13.7 Å². The molecule has 0 amide bonds. The Kier molecular flexibility index (Phi) is 5.17. The van der Waals surface area contributed by atoms with Crippen LogP contribution in [0.1, 0.15) is 24.1 Å². The van der Waals surface area contributed by atoms with Crippen LogP contribution in [0.4, 0.5) is 17.6 Å². The molecule has 6 heteroatoms. The van der Waals surface area contributed by atoms with Crippen molar-refractivity contribution in [1.82, 2.24) is 5.32 Å². The summed E-state index contributed by atoms with van der Waals surface area (Å²) in [5.41, 5.74) is 1.60. The Morgan fingerprint density at radius 2 is 1.95 bits per heavy atom. The van der Waals surface area contributed by atoms with Crippen LogP contribution < -0.4 is 10.1 Å². The van der Waals surface area contributed by atoms with Crippen molar-refractivity contribution in [1.29, 1.82) is 0 Å². The molecule has 0 radical (unpaired) electrons. The van der Waals surface area contributed by atoms with Gasteiger partial charge in [-0.1, -0.05) is 17.7 Å². The van der Waals surface area contributed by atoms with E-state index >= 15 is 0 Å². The lowest BCUT2D eigenvalue weighted by Gasteiger charge is -2.21. The summed E-state index contributed by atoms with van der Waals surface area (Å²) >= 11 is 0. The minimum Gasteiger partial charge on any atom is -0.496 e. The molecular weight excluding hydrogens is 262 g/mol. The molecule has 0 saturated heterocycles. The highest BCUT2D eigenvalue weighted by Crippen LogP contribution is 2.28. The number of methoxy groups -OCH3 is 1. The third-order valence-corrected chi connectivity index (χ3v) is 2.81. The van der Waals surface area contributed by atoms with Gasteiger partial charge in [0, 0.05) is 11.6 Å². The van der Waals surface area contributed by atoms with E-state index in [0.29, 0.717) is 11.3 Å². The average molecular weight is 279 g/mol. The zero-order valence-electron chi connectivity index (χ0n) is 11.0.